The predicted octanol–water partition coefficient (Wildman–Crippen LogP) is 3.22. The van der Waals surface area contributed by atoms with Crippen LogP contribution in [-0.4, -0.2) is 29.6 Å². The van der Waals surface area contributed by atoms with Crippen LogP contribution >= 0.6 is 0 Å². The fraction of sp³-hybridized carbons (Fsp3) is 0.688. The van der Waals surface area contributed by atoms with Crippen LogP contribution < -0.4 is 0 Å². The topological polar surface area (TPSA) is 42.7 Å². The Morgan fingerprint density at radius 1 is 1.50 bits per heavy atom. The summed E-state index contributed by atoms with van der Waals surface area (Å²) in [7, 11) is 0. The number of hydrogen-bond acceptors (Lipinski definition) is 3. The van der Waals surface area contributed by atoms with E-state index in [2.05, 4.69) is 13.8 Å². The number of hydrogen-bond donors (Lipinski definition) is 0. The maximum absolute atomic E-state index is 12.1. The minimum absolute atomic E-state index is 0.0749. The zero-order chi connectivity index (χ0) is 14.6. The molecular weight excluding hydrogens is 254 g/mol. The van der Waals surface area contributed by atoms with E-state index in [1.165, 1.54) is 0 Å². The van der Waals surface area contributed by atoms with Gasteiger partial charge in [0.05, 0.1) is 18.4 Å². The van der Waals surface area contributed by atoms with Crippen LogP contribution in [0.4, 0.5) is 0 Å². The molecule has 0 bridgehead atoms. The summed E-state index contributed by atoms with van der Waals surface area (Å²) < 4.78 is 11.1. The minimum Gasteiger partial charge on any atom is -0.467 e. The van der Waals surface area contributed by atoms with Crippen molar-refractivity contribution in [2.75, 3.05) is 13.2 Å². The van der Waals surface area contributed by atoms with Gasteiger partial charge in [-0.25, -0.2) is 0 Å². The van der Waals surface area contributed by atoms with E-state index >= 15 is 0 Å². The van der Waals surface area contributed by atoms with Crippen LogP contribution in [0.15, 0.2) is 22.8 Å². The van der Waals surface area contributed by atoms with Gasteiger partial charge in [-0.2, -0.15) is 0 Å². The molecule has 4 heteroatoms. The largest absolute Gasteiger partial charge is 0.467 e. The Morgan fingerprint density at radius 3 is 2.90 bits per heavy atom. The average molecular weight is 279 g/mol. The SMILES string of the molecule is CCC(=O)N(Cc1ccco1)CC1CCOC(C)(C)C1. The van der Waals surface area contributed by atoms with Crippen molar-refractivity contribution in [1.82, 2.24) is 4.90 Å². The first-order valence-electron chi connectivity index (χ1n) is 7.44. The first-order chi connectivity index (χ1) is 9.50. The van der Waals surface area contributed by atoms with Crippen LogP contribution in [0.1, 0.15) is 45.8 Å². The highest BCUT2D eigenvalue weighted by Crippen LogP contribution is 2.29. The second-order valence-electron chi connectivity index (χ2n) is 6.17. The molecule has 2 heterocycles. The molecule has 1 aromatic heterocycles. The van der Waals surface area contributed by atoms with Crippen LogP contribution in [0.25, 0.3) is 0 Å². The number of ether oxygens (including phenoxy) is 1. The number of amides is 1. The summed E-state index contributed by atoms with van der Waals surface area (Å²) in [5.74, 6) is 1.54. The summed E-state index contributed by atoms with van der Waals surface area (Å²) in [5.41, 5.74) is -0.0749. The van der Waals surface area contributed by atoms with E-state index in [1.54, 1.807) is 6.26 Å². The van der Waals surface area contributed by atoms with E-state index in [9.17, 15) is 4.79 Å². The highest BCUT2D eigenvalue weighted by molar-refractivity contribution is 5.75. The molecule has 1 unspecified atom stereocenters. The van der Waals surface area contributed by atoms with Crippen molar-refractivity contribution in [2.45, 2.75) is 52.2 Å². The molecule has 112 valence electrons. The molecule has 20 heavy (non-hydrogen) atoms. The van der Waals surface area contributed by atoms with Gasteiger partial charge in [0.25, 0.3) is 0 Å². The van der Waals surface area contributed by atoms with Crippen molar-refractivity contribution in [3.8, 4) is 0 Å². The van der Waals surface area contributed by atoms with E-state index < -0.39 is 0 Å². The minimum atomic E-state index is -0.0749. The zero-order valence-corrected chi connectivity index (χ0v) is 12.7. The average Bonchev–Trinajstić information content (AvgIpc) is 2.89. The van der Waals surface area contributed by atoms with Crippen LogP contribution in [0.3, 0.4) is 0 Å². The quantitative estimate of drug-likeness (QED) is 0.831. The summed E-state index contributed by atoms with van der Waals surface area (Å²) in [6, 6.07) is 3.78. The molecule has 1 fully saturated rings. The monoisotopic (exact) mass is 279 g/mol. The summed E-state index contributed by atoms with van der Waals surface area (Å²) >= 11 is 0. The van der Waals surface area contributed by atoms with Gasteiger partial charge in [-0.1, -0.05) is 6.92 Å². The Balaban J connectivity index is 1.98. The van der Waals surface area contributed by atoms with Gasteiger partial charge in [-0.15, -0.1) is 0 Å². The fourth-order valence-corrected chi connectivity index (χ4v) is 2.89. The number of furan rings is 1. The Morgan fingerprint density at radius 2 is 2.30 bits per heavy atom. The molecule has 2 rings (SSSR count). The maximum Gasteiger partial charge on any atom is 0.222 e. The van der Waals surface area contributed by atoms with Gasteiger partial charge < -0.3 is 14.1 Å². The van der Waals surface area contributed by atoms with Crippen molar-refractivity contribution >= 4 is 5.91 Å². The third kappa shape index (κ3) is 4.10. The van der Waals surface area contributed by atoms with Gasteiger partial charge in [-0.05, 0) is 44.7 Å². The normalized spacial score (nSPS) is 21.6. The van der Waals surface area contributed by atoms with Crippen molar-refractivity contribution in [1.29, 1.82) is 0 Å². The molecule has 0 aliphatic carbocycles. The second-order valence-corrected chi connectivity index (χ2v) is 6.17. The first-order valence-corrected chi connectivity index (χ1v) is 7.44. The van der Waals surface area contributed by atoms with Gasteiger partial charge in [0.15, 0.2) is 0 Å². The Labute approximate surface area is 121 Å². The van der Waals surface area contributed by atoms with Crippen LogP contribution in [-0.2, 0) is 16.1 Å². The third-order valence-corrected chi connectivity index (χ3v) is 3.86. The standard InChI is InChI=1S/C16H25NO3/c1-4-15(18)17(12-14-6-5-8-19-14)11-13-7-9-20-16(2,3)10-13/h5-6,8,13H,4,7,9-12H2,1-3H3. The summed E-state index contributed by atoms with van der Waals surface area (Å²) in [6.45, 7) is 8.30. The number of carbonyl (C=O) groups excluding carboxylic acids is 1. The van der Waals surface area contributed by atoms with E-state index in [-0.39, 0.29) is 11.5 Å². The van der Waals surface area contributed by atoms with Gasteiger partial charge in [0, 0.05) is 19.6 Å². The first kappa shape index (κ1) is 15.1. The molecule has 1 aliphatic rings. The molecule has 0 spiro atoms. The highest BCUT2D eigenvalue weighted by Gasteiger charge is 2.30. The van der Waals surface area contributed by atoms with E-state index in [0.717, 1.165) is 31.8 Å². The Kier molecular flexibility index (Phi) is 4.86. The van der Waals surface area contributed by atoms with Crippen molar-refractivity contribution in [3.05, 3.63) is 24.2 Å². The lowest BCUT2D eigenvalue weighted by Crippen LogP contribution is -2.41. The van der Waals surface area contributed by atoms with Crippen molar-refractivity contribution in [2.24, 2.45) is 5.92 Å². The maximum atomic E-state index is 12.1. The second kappa shape index (κ2) is 6.44. The van der Waals surface area contributed by atoms with Gasteiger partial charge in [0.1, 0.15) is 5.76 Å². The fourth-order valence-electron chi connectivity index (χ4n) is 2.89. The van der Waals surface area contributed by atoms with Gasteiger partial charge >= 0.3 is 0 Å². The van der Waals surface area contributed by atoms with Gasteiger partial charge in [-0.3, -0.25) is 4.79 Å². The lowest BCUT2D eigenvalue weighted by Gasteiger charge is -2.37. The molecule has 1 amide bonds. The van der Waals surface area contributed by atoms with Crippen LogP contribution in [0.2, 0.25) is 0 Å². The summed E-state index contributed by atoms with van der Waals surface area (Å²) in [6.07, 6.45) is 4.21. The molecule has 1 aliphatic heterocycles. The number of carbonyl (C=O) groups is 1. The van der Waals surface area contributed by atoms with E-state index in [1.807, 2.05) is 24.0 Å². The number of rotatable bonds is 5. The molecule has 1 atom stereocenters. The lowest BCUT2D eigenvalue weighted by atomic mass is 9.88. The number of nitrogens with zero attached hydrogens (tertiary/aromatic N) is 1. The Hall–Kier alpha value is -1.29. The van der Waals surface area contributed by atoms with Gasteiger partial charge in [0.2, 0.25) is 5.91 Å². The molecule has 0 aromatic carbocycles. The summed E-state index contributed by atoms with van der Waals surface area (Å²) in [5, 5.41) is 0. The molecule has 4 nitrogen and oxygen atoms in total. The molecule has 0 N–H and O–H groups in total. The van der Waals surface area contributed by atoms with Crippen molar-refractivity contribution < 1.29 is 13.9 Å². The van der Waals surface area contributed by atoms with Crippen LogP contribution in [0.5, 0.6) is 0 Å². The molecule has 1 aromatic rings. The molecule has 1 saturated heterocycles. The third-order valence-electron chi connectivity index (χ3n) is 3.86. The highest BCUT2D eigenvalue weighted by atomic mass is 16.5. The molecule has 0 radical (unpaired) electrons. The Bertz CT molecular complexity index is 425. The summed E-state index contributed by atoms with van der Waals surface area (Å²) in [4.78, 5) is 14.0. The van der Waals surface area contributed by atoms with E-state index in [4.69, 9.17) is 9.15 Å². The van der Waals surface area contributed by atoms with Crippen LogP contribution in [0, 0.1) is 5.92 Å². The smallest absolute Gasteiger partial charge is 0.222 e. The van der Waals surface area contributed by atoms with Crippen molar-refractivity contribution in [3.63, 3.8) is 0 Å². The predicted molar refractivity (Wildman–Crippen MR) is 77.2 cm³/mol. The van der Waals surface area contributed by atoms with E-state index in [0.29, 0.717) is 18.9 Å². The zero-order valence-electron chi connectivity index (χ0n) is 12.7. The molecule has 0 saturated carbocycles. The molecular formula is C16H25NO3. The lowest BCUT2D eigenvalue weighted by molar-refractivity contribution is -0.134.